The molecule has 0 fully saturated rings. The van der Waals surface area contributed by atoms with Crippen LogP contribution in [-0.4, -0.2) is 35.3 Å². The molecule has 0 aliphatic rings. The van der Waals surface area contributed by atoms with E-state index in [4.69, 9.17) is 14.3 Å². The molecule has 2 N–H and O–H groups in total. The first kappa shape index (κ1) is 23.5. The molecule has 23 heavy (non-hydrogen) atoms. The molecule has 140 valence electrons. The highest BCUT2D eigenvalue weighted by atomic mass is 28.4. The lowest BCUT2D eigenvalue weighted by atomic mass is 10.2. The third-order valence-corrected chi connectivity index (χ3v) is 14.4. The van der Waals surface area contributed by atoms with Crippen LogP contribution in [0.25, 0.3) is 0 Å². The fourth-order valence-electron chi connectivity index (χ4n) is 4.06. The van der Waals surface area contributed by atoms with Gasteiger partial charge in [0.05, 0.1) is 13.3 Å². The second-order valence-corrected chi connectivity index (χ2v) is 21.9. The fourth-order valence-corrected chi connectivity index (χ4v) is 14.4. The molecule has 0 amide bonds. The van der Waals surface area contributed by atoms with Gasteiger partial charge in [0.2, 0.25) is 8.32 Å². The topological polar surface area (TPSA) is 44.5 Å². The van der Waals surface area contributed by atoms with Crippen molar-refractivity contribution in [1.29, 1.82) is 0 Å². The predicted molar refractivity (Wildman–Crippen MR) is 111 cm³/mol. The first-order valence-electron chi connectivity index (χ1n) is 9.35. The van der Waals surface area contributed by atoms with Gasteiger partial charge in [0, 0.05) is 5.22 Å². The third-order valence-electron chi connectivity index (χ3n) is 5.66. The van der Waals surface area contributed by atoms with Gasteiger partial charge < -0.3 is 14.3 Å². The minimum atomic E-state index is -2.12. The lowest BCUT2D eigenvalue weighted by Crippen LogP contribution is -2.68. The van der Waals surface area contributed by atoms with E-state index >= 15 is 0 Å². The molecule has 0 saturated carbocycles. The molecule has 0 atom stereocenters. The summed E-state index contributed by atoms with van der Waals surface area (Å²) in [6.45, 7) is 25.2. The van der Waals surface area contributed by atoms with E-state index in [1.165, 1.54) is 0 Å². The largest absolute Gasteiger partial charge is 0.412 e. The van der Waals surface area contributed by atoms with E-state index in [0.717, 1.165) is 25.7 Å². The summed E-state index contributed by atoms with van der Waals surface area (Å²) >= 11 is 0. The highest BCUT2D eigenvalue weighted by molar-refractivity contribution is 6.82. The van der Waals surface area contributed by atoms with Gasteiger partial charge in [0.15, 0.2) is 0 Å². The van der Waals surface area contributed by atoms with Gasteiger partial charge in [-0.3, -0.25) is 0 Å². The first-order chi connectivity index (χ1) is 10.2. The molecule has 6 heteroatoms. The molecule has 0 aromatic heterocycles. The van der Waals surface area contributed by atoms with Gasteiger partial charge in [-0.2, -0.15) is 0 Å². The summed E-state index contributed by atoms with van der Waals surface area (Å²) in [5.41, 5.74) is 0. The maximum Gasteiger partial charge on any atom is 0.260 e. The van der Waals surface area contributed by atoms with Crippen molar-refractivity contribution < 1.29 is 8.85 Å². The number of hydrogen-bond donors (Lipinski definition) is 1. The smallest absolute Gasteiger partial charge is 0.260 e. The third kappa shape index (κ3) is 5.25. The van der Waals surface area contributed by atoms with E-state index in [-0.39, 0.29) is 10.4 Å². The molecule has 0 bridgehead atoms. The van der Waals surface area contributed by atoms with Gasteiger partial charge in [-0.1, -0.05) is 47.3 Å². The molecule has 0 aliphatic heterocycles. The van der Waals surface area contributed by atoms with Crippen molar-refractivity contribution >= 4 is 24.9 Å². The first-order valence-corrected chi connectivity index (χ1v) is 18.7. The van der Waals surface area contributed by atoms with Crippen LogP contribution in [0.3, 0.4) is 0 Å². The Hall–Kier alpha value is 0.531. The average Bonchev–Trinajstić information content (AvgIpc) is 2.39. The van der Waals surface area contributed by atoms with Crippen LogP contribution in [0, 0.1) is 0 Å². The van der Waals surface area contributed by atoms with E-state index in [1.54, 1.807) is 0 Å². The molecule has 0 heterocycles. The van der Waals surface area contributed by atoms with Crippen LogP contribution in [0.1, 0.15) is 53.4 Å². The summed E-state index contributed by atoms with van der Waals surface area (Å²) < 4.78 is 13.7. The molecule has 0 saturated heterocycles. The van der Waals surface area contributed by atoms with Gasteiger partial charge in [-0.25, -0.2) is 0 Å². The molecule has 0 aliphatic carbocycles. The summed E-state index contributed by atoms with van der Waals surface area (Å²) in [7, 11) is -5.71. The zero-order valence-corrected chi connectivity index (χ0v) is 20.7. The molecule has 0 unspecified atom stereocenters. The van der Waals surface area contributed by atoms with Crippen molar-refractivity contribution in [2.45, 2.75) is 110 Å². The highest BCUT2D eigenvalue weighted by Gasteiger charge is 2.55. The minimum absolute atomic E-state index is 0.0297. The minimum Gasteiger partial charge on any atom is -0.412 e. The van der Waals surface area contributed by atoms with Gasteiger partial charge in [-0.15, -0.1) is 0 Å². The van der Waals surface area contributed by atoms with Crippen LogP contribution in [0.4, 0.5) is 0 Å². The van der Waals surface area contributed by atoms with Crippen LogP contribution >= 0.6 is 0 Å². The summed E-state index contributed by atoms with van der Waals surface area (Å²) in [4.78, 5) is 0. The second kappa shape index (κ2) is 7.83. The molecule has 3 nitrogen and oxygen atoms in total. The monoisotopic (exact) mass is 377 g/mol. The average molecular weight is 378 g/mol. The Morgan fingerprint density at radius 3 is 1.22 bits per heavy atom. The van der Waals surface area contributed by atoms with E-state index in [2.05, 4.69) is 73.5 Å². The summed E-state index contributed by atoms with van der Waals surface area (Å²) in [5.74, 6) is 0. The maximum absolute atomic E-state index is 7.12. The Balaban J connectivity index is 5.89. The number of rotatable bonds is 10. The van der Waals surface area contributed by atoms with Gasteiger partial charge >= 0.3 is 0 Å². The van der Waals surface area contributed by atoms with Crippen LogP contribution in [0.15, 0.2) is 0 Å². The van der Waals surface area contributed by atoms with Crippen molar-refractivity contribution in [3.63, 3.8) is 0 Å². The van der Waals surface area contributed by atoms with Crippen LogP contribution in [0.5, 0.6) is 0 Å². The Morgan fingerprint density at radius 1 is 0.652 bits per heavy atom. The van der Waals surface area contributed by atoms with Crippen molar-refractivity contribution in [3.05, 3.63) is 0 Å². The van der Waals surface area contributed by atoms with E-state index < -0.39 is 24.9 Å². The van der Waals surface area contributed by atoms with Crippen molar-refractivity contribution in [2.75, 3.05) is 0 Å². The van der Waals surface area contributed by atoms with Crippen LogP contribution < -0.4 is 5.40 Å². The van der Waals surface area contributed by atoms with Gasteiger partial charge in [-0.05, 0) is 51.9 Å². The predicted octanol–water partition coefficient (Wildman–Crippen LogP) is 5.42. The van der Waals surface area contributed by atoms with Gasteiger partial charge in [0.1, 0.15) is 0 Å². The second-order valence-electron chi connectivity index (χ2n) is 8.97. The van der Waals surface area contributed by atoms with Crippen molar-refractivity contribution in [2.24, 2.45) is 5.40 Å². The number of nitrogens with two attached hydrogens (primary N) is 1. The summed E-state index contributed by atoms with van der Waals surface area (Å²) in [5, 5.41) is 6.22. The van der Waals surface area contributed by atoms with E-state index in [9.17, 15) is 0 Å². The number of hydrogen-bond acceptors (Lipinski definition) is 3. The zero-order chi connectivity index (χ0) is 18.7. The maximum atomic E-state index is 7.12. The molecule has 0 rings (SSSR count). The standard InChI is InChI=1S/C17H43NO2Si3/c1-12-16(13-2,21(5,6)7)19-22(8,9)17(14-3,15-4)20-23(10,11)18/h12-15,18H2,1-11H3. The molecule has 0 radical (unpaired) electrons. The normalized spacial score (nSPS) is 15.1. The summed E-state index contributed by atoms with van der Waals surface area (Å²) in [6.07, 6.45) is 4.13. The van der Waals surface area contributed by atoms with E-state index in [1.807, 2.05) is 0 Å². The molecular formula is C17H43NO2Si3. The molecule has 0 aromatic rings. The van der Waals surface area contributed by atoms with Crippen molar-refractivity contribution in [1.82, 2.24) is 0 Å². The molecule has 0 aromatic carbocycles. The Morgan fingerprint density at radius 2 is 1.00 bits per heavy atom. The zero-order valence-electron chi connectivity index (χ0n) is 17.7. The fraction of sp³-hybridized carbons (Fsp3) is 1.00. The van der Waals surface area contributed by atoms with Crippen LogP contribution in [-0.2, 0) is 8.85 Å². The Bertz CT molecular complexity index is 365. The Kier molecular flexibility index (Phi) is 8.01. The van der Waals surface area contributed by atoms with Gasteiger partial charge in [0.25, 0.3) is 8.48 Å². The van der Waals surface area contributed by atoms with Crippen LogP contribution in [0.2, 0.25) is 45.8 Å². The lowest BCUT2D eigenvalue weighted by molar-refractivity contribution is 0.0531. The quantitative estimate of drug-likeness (QED) is 0.517. The van der Waals surface area contributed by atoms with Crippen molar-refractivity contribution in [3.8, 4) is 0 Å². The summed E-state index contributed by atoms with van der Waals surface area (Å²) in [6, 6.07) is 0. The highest BCUT2D eigenvalue weighted by Crippen LogP contribution is 2.42. The molecular weight excluding hydrogens is 334 g/mol. The SMILES string of the molecule is CCC(CC)(O[Si](C)(C)C(CC)(CC)O[Si](C)(C)N)[Si](C)(C)C. The molecule has 0 spiro atoms. The Labute approximate surface area is 149 Å². The van der Waals surface area contributed by atoms with E-state index in [0.29, 0.717) is 0 Å². The lowest BCUT2D eigenvalue weighted by Gasteiger charge is -2.54.